The molecule has 5 heteroatoms. The van der Waals surface area contributed by atoms with Crippen LogP contribution >= 0.6 is 11.8 Å². The zero-order valence-corrected chi connectivity index (χ0v) is 15.6. The number of nitrogens with one attached hydrogen (secondary N) is 2. The fourth-order valence-electron chi connectivity index (χ4n) is 2.41. The first kappa shape index (κ1) is 18.0. The number of hydrogen-bond donors (Lipinski definition) is 2. The van der Waals surface area contributed by atoms with Gasteiger partial charge in [0.25, 0.3) is 0 Å². The van der Waals surface area contributed by atoms with Gasteiger partial charge in [-0.25, -0.2) is 0 Å². The van der Waals surface area contributed by atoms with Crippen LogP contribution in [0.3, 0.4) is 0 Å². The molecule has 1 aliphatic rings. The maximum absolute atomic E-state index is 4.30. The summed E-state index contributed by atoms with van der Waals surface area (Å²) in [5, 5.41) is 6.82. The Balaban J connectivity index is 1.85. The molecule has 128 valence electrons. The highest BCUT2D eigenvalue weighted by Crippen LogP contribution is 2.19. The second-order valence-electron chi connectivity index (χ2n) is 6.37. The summed E-state index contributed by atoms with van der Waals surface area (Å²) in [5.41, 5.74) is 2.62. The van der Waals surface area contributed by atoms with E-state index in [0.717, 1.165) is 25.6 Å². The lowest BCUT2D eigenvalue weighted by Gasteiger charge is -2.28. The molecule has 23 heavy (non-hydrogen) atoms. The van der Waals surface area contributed by atoms with Crippen molar-refractivity contribution < 1.29 is 0 Å². The summed E-state index contributed by atoms with van der Waals surface area (Å²) in [6.07, 6.45) is 0. The smallest absolute Gasteiger partial charge is 0.191 e. The Hall–Kier alpha value is -1.36. The molecule has 1 heterocycles. The van der Waals surface area contributed by atoms with Crippen molar-refractivity contribution in [2.75, 3.05) is 36.5 Å². The standard InChI is InChI=1S/C18H30N4S/c1-14(2)15(3)21-18(19-4)20-13-16-5-7-17(8-6-16)22-9-11-23-12-10-22/h5-8,14-15H,9-13H2,1-4H3,(H2,19,20,21). The number of anilines is 1. The van der Waals surface area contributed by atoms with Crippen molar-refractivity contribution in [3.05, 3.63) is 29.8 Å². The first-order chi connectivity index (χ1) is 11.1. The molecule has 2 N–H and O–H groups in total. The minimum atomic E-state index is 0.403. The van der Waals surface area contributed by atoms with E-state index in [1.807, 2.05) is 18.8 Å². The molecule has 0 aromatic heterocycles. The molecular weight excluding hydrogens is 304 g/mol. The maximum atomic E-state index is 4.30. The molecule has 0 radical (unpaired) electrons. The average Bonchev–Trinajstić information content (AvgIpc) is 2.59. The van der Waals surface area contributed by atoms with Crippen molar-refractivity contribution in [2.45, 2.75) is 33.4 Å². The summed E-state index contributed by atoms with van der Waals surface area (Å²) in [7, 11) is 1.82. The van der Waals surface area contributed by atoms with E-state index in [-0.39, 0.29) is 0 Å². The van der Waals surface area contributed by atoms with Crippen LogP contribution in [0.5, 0.6) is 0 Å². The molecule has 1 atom stereocenters. The van der Waals surface area contributed by atoms with Crippen molar-refractivity contribution in [1.82, 2.24) is 10.6 Å². The third-order valence-corrected chi connectivity index (χ3v) is 5.30. The largest absolute Gasteiger partial charge is 0.370 e. The molecule has 4 nitrogen and oxygen atoms in total. The predicted octanol–water partition coefficient (Wildman–Crippen LogP) is 2.95. The van der Waals surface area contributed by atoms with Crippen LogP contribution in [0.2, 0.25) is 0 Å². The first-order valence-corrected chi connectivity index (χ1v) is 9.64. The van der Waals surface area contributed by atoms with Crippen molar-refractivity contribution in [1.29, 1.82) is 0 Å². The van der Waals surface area contributed by atoms with Crippen molar-refractivity contribution in [3.8, 4) is 0 Å². The second-order valence-corrected chi connectivity index (χ2v) is 7.59. The van der Waals surface area contributed by atoms with E-state index in [4.69, 9.17) is 0 Å². The molecule has 0 spiro atoms. The molecule has 0 bridgehead atoms. The van der Waals surface area contributed by atoms with Crippen molar-refractivity contribution in [2.24, 2.45) is 10.9 Å². The SMILES string of the molecule is CN=C(NCc1ccc(N2CCSCC2)cc1)NC(C)C(C)C. The van der Waals surface area contributed by atoms with Gasteiger partial charge in [-0.05, 0) is 30.5 Å². The van der Waals surface area contributed by atoms with Crippen LogP contribution in [0.15, 0.2) is 29.3 Å². The van der Waals surface area contributed by atoms with Crippen molar-refractivity contribution >= 4 is 23.4 Å². The van der Waals surface area contributed by atoms with Gasteiger partial charge in [-0.1, -0.05) is 26.0 Å². The summed E-state index contributed by atoms with van der Waals surface area (Å²) in [6, 6.07) is 9.30. The number of aliphatic imine (C=N–C) groups is 1. The van der Waals surface area contributed by atoms with Crippen LogP contribution in [0.1, 0.15) is 26.3 Å². The van der Waals surface area contributed by atoms with Gasteiger partial charge in [-0.3, -0.25) is 4.99 Å². The second kappa shape index (κ2) is 9.06. The fourth-order valence-corrected chi connectivity index (χ4v) is 3.31. The normalized spacial score (nSPS) is 17.3. The van der Waals surface area contributed by atoms with Crippen LogP contribution in [0.25, 0.3) is 0 Å². The molecule has 2 rings (SSSR count). The lowest BCUT2D eigenvalue weighted by Crippen LogP contribution is -2.43. The summed E-state index contributed by atoms with van der Waals surface area (Å²) >= 11 is 2.05. The number of nitrogens with zero attached hydrogens (tertiary/aromatic N) is 2. The molecule has 1 fully saturated rings. The van der Waals surface area contributed by atoms with Crippen LogP contribution in [-0.2, 0) is 6.54 Å². The average molecular weight is 335 g/mol. The van der Waals surface area contributed by atoms with E-state index in [1.54, 1.807) is 0 Å². The zero-order valence-electron chi connectivity index (χ0n) is 14.8. The molecule has 1 aliphatic heterocycles. The van der Waals surface area contributed by atoms with E-state index >= 15 is 0 Å². The van der Waals surface area contributed by atoms with Gasteiger partial charge < -0.3 is 15.5 Å². The van der Waals surface area contributed by atoms with Crippen LogP contribution in [0.4, 0.5) is 5.69 Å². The Morgan fingerprint density at radius 1 is 1.17 bits per heavy atom. The predicted molar refractivity (Wildman–Crippen MR) is 104 cm³/mol. The van der Waals surface area contributed by atoms with E-state index in [0.29, 0.717) is 12.0 Å². The van der Waals surface area contributed by atoms with Gasteiger partial charge in [0.2, 0.25) is 0 Å². The lowest BCUT2D eigenvalue weighted by molar-refractivity contribution is 0.481. The highest BCUT2D eigenvalue weighted by Gasteiger charge is 2.11. The zero-order chi connectivity index (χ0) is 16.7. The van der Waals surface area contributed by atoms with E-state index < -0.39 is 0 Å². The van der Waals surface area contributed by atoms with Crippen molar-refractivity contribution in [3.63, 3.8) is 0 Å². The number of guanidine groups is 1. The molecule has 0 aliphatic carbocycles. The minimum Gasteiger partial charge on any atom is -0.370 e. The highest BCUT2D eigenvalue weighted by atomic mass is 32.2. The van der Waals surface area contributed by atoms with Gasteiger partial charge in [0, 0.05) is 49.9 Å². The summed E-state index contributed by atoms with van der Waals surface area (Å²) < 4.78 is 0. The Kier molecular flexibility index (Phi) is 7.09. The van der Waals surface area contributed by atoms with Gasteiger partial charge in [-0.2, -0.15) is 11.8 Å². The van der Waals surface area contributed by atoms with Gasteiger partial charge in [0.15, 0.2) is 5.96 Å². The lowest BCUT2D eigenvalue weighted by atomic mass is 10.1. The van der Waals surface area contributed by atoms with E-state index in [9.17, 15) is 0 Å². The molecule has 1 saturated heterocycles. The summed E-state index contributed by atoms with van der Waals surface area (Å²) in [5.74, 6) is 3.91. The Bertz CT molecular complexity index is 492. The number of benzene rings is 1. The highest BCUT2D eigenvalue weighted by molar-refractivity contribution is 7.99. The summed E-state index contributed by atoms with van der Waals surface area (Å²) in [6.45, 7) is 9.72. The monoisotopic (exact) mass is 334 g/mol. The van der Waals surface area contributed by atoms with Gasteiger partial charge >= 0.3 is 0 Å². The van der Waals surface area contributed by atoms with Gasteiger partial charge in [0.1, 0.15) is 0 Å². The van der Waals surface area contributed by atoms with E-state index in [1.165, 1.54) is 22.8 Å². The maximum Gasteiger partial charge on any atom is 0.191 e. The molecule has 0 saturated carbocycles. The van der Waals surface area contributed by atoms with Crippen LogP contribution in [0, 0.1) is 5.92 Å². The first-order valence-electron chi connectivity index (χ1n) is 8.49. The quantitative estimate of drug-likeness (QED) is 0.641. The van der Waals surface area contributed by atoms with Crippen LogP contribution < -0.4 is 15.5 Å². The minimum absolute atomic E-state index is 0.403. The number of hydrogen-bond acceptors (Lipinski definition) is 3. The van der Waals surface area contributed by atoms with Crippen LogP contribution in [-0.4, -0.2) is 43.6 Å². The Labute approximate surface area is 145 Å². The van der Waals surface area contributed by atoms with Gasteiger partial charge in [-0.15, -0.1) is 0 Å². The van der Waals surface area contributed by atoms with Gasteiger partial charge in [0.05, 0.1) is 0 Å². The summed E-state index contributed by atoms with van der Waals surface area (Å²) in [4.78, 5) is 6.77. The third kappa shape index (κ3) is 5.65. The number of rotatable bonds is 5. The third-order valence-electron chi connectivity index (χ3n) is 4.36. The topological polar surface area (TPSA) is 39.7 Å². The van der Waals surface area contributed by atoms with E-state index in [2.05, 4.69) is 65.6 Å². The fraction of sp³-hybridized carbons (Fsp3) is 0.611. The molecule has 1 aromatic carbocycles. The molecule has 0 amide bonds. The Morgan fingerprint density at radius 2 is 1.83 bits per heavy atom. The molecular formula is C18H30N4S. The molecule has 1 unspecified atom stereocenters. The molecule has 1 aromatic rings. The Morgan fingerprint density at radius 3 is 2.39 bits per heavy atom. The number of thioether (sulfide) groups is 1.